The Labute approximate surface area is 168 Å². The Morgan fingerprint density at radius 1 is 1.33 bits per heavy atom. The monoisotopic (exact) mass is 402 g/mol. The lowest BCUT2D eigenvalue weighted by Crippen LogP contribution is -2.29. The molecule has 1 aliphatic heterocycles. The van der Waals surface area contributed by atoms with Crippen molar-refractivity contribution >= 4 is 23.6 Å². The predicted octanol–water partition coefficient (Wildman–Crippen LogP) is 3.41. The molecule has 0 aromatic carbocycles. The van der Waals surface area contributed by atoms with Crippen molar-refractivity contribution < 1.29 is 4.74 Å². The van der Waals surface area contributed by atoms with Gasteiger partial charge in [0, 0.05) is 32.5 Å². The van der Waals surface area contributed by atoms with Gasteiger partial charge in [-0.3, -0.25) is 9.47 Å². The van der Waals surface area contributed by atoms with Crippen LogP contribution < -0.4 is 0 Å². The van der Waals surface area contributed by atoms with Crippen LogP contribution in [0.3, 0.4) is 0 Å². The maximum Gasteiger partial charge on any atom is 0.199 e. The molecule has 1 aliphatic rings. The summed E-state index contributed by atoms with van der Waals surface area (Å²) in [6.07, 6.45) is 3.10. The van der Waals surface area contributed by atoms with Crippen molar-refractivity contribution in [1.29, 1.82) is 10.5 Å². The van der Waals surface area contributed by atoms with Gasteiger partial charge in [-0.05, 0) is 36.5 Å². The molecule has 0 N–H and O–H groups in total. The molecular formula is C18H22N6OS2. The molecule has 3 heterocycles. The van der Waals surface area contributed by atoms with Crippen LogP contribution >= 0.6 is 23.6 Å². The molecule has 0 spiro atoms. The van der Waals surface area contributed by atoms with Gasteiger partial charge in [0.2, 0.25) is 0 Å². The first-order valence-corrected chi connectivity index (χ1v) is 10.3. The lowest BCUT2D eigenvalue weighted by molar-refractivity contribution is 0.0967. The fourth-order valence-electron chi connectivity index (χ4n) is 3.14. The van der Waals surface area contributed by atoms with Gasteiger partial charge < -0.3 is 4.74 Å². The van der Waals surface area contributed by atoms with Crippen LogP contribution in [-0.2, 0) is 18.0 Å². The molecule has 7 nitrogen and oxygen atoms in total. The van der Waals surface area contributed by atoms with Crippen molar-refractivity contribution in [2.45, 2.75) is 45.0 Å². The number of nitriles is 2. The quantitative estimate of drug-likeness (QED) is 0.598. The first-order chi connectivity index (χ1) is 13.2. The normalized spacial score (nSPS) is 16.5. The third-order valence-corrected chi connectivity index (χ3v) is 5.79. The van der Waals surface area contributed by atoms with Gasteiger partial charge >= 0.3 is 0 Å². The molecule has 2 aromatic heterocycles. The van der Waals surface area contributed by atoms with Crippen LogP contribution in [0.4, 0.5) is 0 Å². The summed E-state index contributed by atoms with van der Waals surface area (Å²) in [7, 11) is 0. The molecule has 27 heavy (non-hydrogen) atoms. The number of rotatable bonds is 9. The Morgan fingerprint density at radius 2 is 2.11 bits per heavy atom. The summed E-state index contributed by atoms with van der Waals surface area (Å²) in [6, 6.07) is 8.37. The smallest absolute Gasteiger partial charge is 0.199 e. The Morgan fingerprint density at radius 3 is 2.70 bits per heavy atom. The van der Waals surface area contributed by atoms with Crippen LogP contribution in [0.2, 0.25) is 0 Å². The van der Waals surface area contributed by atoms with E-state index in [0.29, 0.717) is 43.9 Å². The summed E-state index contributed by atoms with van der Waals surface area (Å²) < 4.78 is 10.3. The maximum absolute atomic E-state index is 8.89. The van der Waals surface area contributed by atoms with E-state index >= 15 is 0 Å². The highest BCUT2D eigenvalue weighted by molar-refractivity contribution is 7.71. The van der Waals surface area contributed by atoms with Crippen molar-refractivity contribution in [2.75, 3.05) is 19.7 Å². The molecule has 1 fully saturated rings. The second kappa shape index (κ2) is 9.77. The Balaban J connectivity index is 1.87. The second-order valence-electron chi connectivity index (χ2n) is 6.40. The van der Waals surface area contributed by atoms with E-state index in [1.54, 1.807) is 16.0 Å². The lowest BCUT2D eigenvalue weighted by Gasteiger charge is -2.19. The highest BCUT2D eigenvalue weighted by Gasteiger charge is 2.21. The fourth-order valence-corrected chi connectivity index (χ4v) is 4.11. The zero-order valence-corrected chi connectivity index (χ0v) is 16.7. The predicted molar refractivity (Wildman–Crippen MR) is 105 cm³/mol. The van der Waals surface area contributed by atoms with Crippen LogP contribution in [0.15, 0.2) is 17.5 Å². The highest BCUT2D eigenvalue weighted by atomic mass is 32.1. The molecule has 142 valence electrons. The summed E-state index contributed by atoms with van der Waals surface area (Å²) >= 11 is 7.35. The van der Waals surface area contributed by atoms with Gasteiger partial charge in [-0.2, -0.15) is 10.5 Å². The third kappa shape index (κ3) is 5.02. The third-order valence-electron chi connectivity index (χ3n) is 4.49. The lowest BCUT2D eigenvalue weighted by atomic mass is 10.2. The van der Waals surface area contributed by atoms with Gasteiger partial charge in [0.05, 0.1) is 36.3 Å². The molecular weight excluding hydrogens is 380 g/mol. The van der Waals surface area contributed by atoms with Crippen LogP contribution in [0.25, 0.3) is 10.7 Å². The van der Waals surface area contributed by atoms with Crippen molar-refractivity contribution in [3.63, 3.8) is 0 Å². The topological polar surface area (TPSA) is 82.8 Å². The largest absolute Gasteiger partial charge is 0.376 e. The van der Waals surface area contributed by atoms with Crippen LogP contribution in [0, 0.1) is 27.4 Å². The minimum atomic E-state index is 0.168. The van der Waals surface area contributed by atoms with Crippen molar-refractivity contribution in [1.82, 2.24) is 19.2 Å². The van der Waals surface area contributed by atoms with E-state index in [4.69, 9.17) is 32.6 Å². The fraction of sp³-hybridized carbons (Fsp3) is 0.556. The molecule has 0 amide bonds. The average Bonchev–Trinajstić information content (AvgIpc) is 3.42. The van der Waals surface area contributed by atoms with E-state index in [9.17, 15) is 0 Å². The molecule has 1 atom stereocenters. The van der Waals surface area contributed by atoms with Crippen LogP contribution in [0.1, 0.15) is 25.7 Å². The minimum Gasteiger partial charge on any atom is -0.376 e. The molecule has 1 unspecified atom stereocenters. The van der Waals surface area contributed by atoms with E-state index in [0.717, 1.165) is 30.2 Å². The van der Waals surface area contributed by atoms with Gasteiger partial charge in [0.25, 0.3) is 0 Å². The van der Waals surface area contributed by atoms with Gasteiger partial charge in [0.15, 0.2) is 10.6 Å². The molecule has 0 radical (unpaired) electrons. The first kappa shape index (κ1) is 19.7. The number of hydrogen-bond acceptors (Lipinski definition) is 7. The van der Waals surface area contributed by atoms with E-state index in [-0.39, 0.29) is 6.10 Å². The Hall–Kier alpha value is -2.04. The molecule has 2 aromatic rings. The van der Waals surface area contributed by atoms with Crippen LogP contribution in [-0.4, -0.2) is 45.0 Å². The van der Waals surface area contributed by atoms with Gasteiger partial charge in [-0.15, -0.1) is 16.4 Å². The molecule has 9 heteroatoms. The van der Waals surface area contributed by atoms with Gasteiger partial charge in [-0.1, -0.05) is 6.07 Å². The highest BCUT2D eigenvalue weighted by Crippen LogP contribution is 2.25. The SMILES string of the molecule is N#CCCN(CCC#N)Cn1nc(-c2cccs2)n(CC2CCCO2)c1=S. The summed E-state index contributed by atoms with van der Waals surface area (Å²) in [6.45, 7) is 3.15. The maximum atomic E-state index is 8.89. The van der Waals surface area contributed by atoms with Crippen molar-refractivity contribution in [3.8, 4) is 22.8 Å². The van der Waals surface area contributed by atoms with Crippen molar-refractivity contribution in [3.05, 3.63) is 22.3 Å². The number of nitrogens with zero attached hydrogens (tertiary/aromatic N) is 6. The first-order valence-electron chi connectivity index (χ1n) is 9.02. The summed E-state index contributed by atoms with van der Waals surface area (Å²) in [5.41, 5.74) is 0. The standard InChI is InChI=1S/C18H22N6OS2/c19-7-3-9-22(10-4-8-20)14-24-18(26)23(13-15-5-1-11-25-15)17(21-24)16-6-2-12-27-16/h2,6,12,15H,1,3-5,9-11,13-14H2. The van der Waals surface area contributed by atoms with E-state index in [1.807, 2.05) is 22.4 Å². The van der Waals surface area contributed by atoms with Crippen LogP contribution in [0.5, 0.6) is 0 Å². The minimum absolute atomic E-state index is 0.168. The van der Waals surface area contributed by atoms with E-state index < -0.39 is 0 Å². The summed E-state index contributed by atoms with van der Waals surface area (Å²) in [4.78, 5) is 3.11. The number of thiophene rings is 1. The second-order valence-corrected chi connectivity index (χ2v) is 7.72. The van der Waals surface area contributed by atoms with Gasteiger partial charge in [-0.25, -0.2) is 4.68 Å². The van der Waals surface area contributed by atoms with E-state index in [2.05, 4.69) is 16.7 Å². The molecule has 1 saturated heterocycles. The number of ether oxygens (including phenoxy) is 1. The molecule has 0 aliphatic carbocycles. The summed E-state index contributed by atoms with van der Waals surface area (Å²) in [5, 5.41) is 24.6. The number of hydrogen-bond donors (Lipinski definition) is 0. The average molecular weight is 403 g/mol. The molecule has 0 saturated carbocycles. The Kier molecular flexibility index (Phi) is 7.13. The number of aromatic nitrogens is 3. The van der Waals surface area contributed by atoms with Crippen molar-refractivity contribution in [2.24, 2.45) is 0 Å². The van der Waals surface area contributed by atoms with E-state index in [1.165, 1.54) is 0 Å². The zero-order valence-electron chi connectivity index (χ0n) is 15.1. The Bertz CT molecular complexity index is 849. The molecule has 0 bridgehead atoms. The molecule has 3 rings (SSSR count). The summed E-state index contributed by atoms with van der Waals surface area (Å²) in [5.74, 6) is 0.853. The zero-order chi connectivity index (χ0) is 19.1. The van der Waals surface area contributed by atoms with Gasteiger partial charge in [0.1, 0.15) is 0 Å².